The van der Waals surface area contributed by atoms with Crippen LogP contribution in [0.4, 0.5) is 0 Å². The highest BCUT2D eigenvalue weighted by molar-refractivity contribution is 5.98. The molecule has 1 amide bonds. The van der Waals surface area contributed by atoms with E-state index in [0.29, 0.717) is 11.3 Å². The van der Waals surface area contributed by atoms with Gasteiger partial charge in [-0.25, -0.2) is 0 Å². The normalized spacial score (nSPS) is 19.0. The van der Waals surface area contributed by atoms with Gasteiger partial charge in [0.2, 0.25) is 5.91 Å². The fourth-order valence-electron chi connectivity index (χ4n) is 1.10. The highest BCUT2D eigenvalue weighted by atomic mass is 16.1. The SMILES string of the molecule is C=CN1C=C(C)N=C/C1=C(/C)C(N)=O. The van der Waals surface area contributed by atoms with Gasteiger partial charge >= 0.3 is 0 Å². The Labute approximate surface area is 83.1 Å². The van der Waals surface area contributed by atoms with Crippen molar-refractivity contribution >= 4 is 12.1 Å². The maximum absolute atomic E-state index is 11.0. The van der Waals surface area contributed by atoms with Crippen LogP contribution in [-0.2, 0) is 4.79 Å². The van der Waals surface area contributed by atoms with E-state index >= 15 is 0 Å². The van der Waals surface area contributed by atoms with Gasteiger partial charge in [0, 0.05) is 18.0 Å². The Kier molecular flexibility index (Phi) is 2.86. The van der Waals surface area contributed by atoms with Crippen LogP contribution in [0.5, 0.6) is 0 Å². The predicted octanol–water partition coefficient (Wildman–Crippen LogP) is 1.14. The lowest BCUT2D eigenvalue weighted by Gasteiger charge is -2.21. The quantitative estimate of drug-likeness (QED) is 0.665. The van der Waals surface area contributed by atoms with Crippen molar-refractivity contribution in [2.45, 2.75) is 13.8 Å². The number of hydrogen-bond acceptors (Lipinski definition) is 3. The van der Waals surface area contributed by atoms with Gasteiger partial charge < -0.3 is 10.6 Å². The molecule has 0 bridgehead atoms. The molecule has 0 aromatic heterocycles. The number of nitrogens with two attached hydrogens (primary N) is 1. The van der Waals surface area contributed by atoms with Gasteiger partial charge in [0.25, 0.3) is 0 Å². The maximum atomic E-state index is 11.0. The Morgan fingerprint density at radius 2 is 2.36 bits per heavy atom. The molecule has 0 spiro atoms. The second-order valence-corrected chi connectivity index (χ2v) is 2.99. The van der Waals surface area contributed by atoms with E-state index in [0.717, 1.165) is 5.70 Å². The molecule has 14 heavy (non-hydrogen) atoms. The van der Waals surface area contributed by atoms with Crippen molar-refractivity contribution in [1.29, 1.82) is 0 Å². The molecule has 74 valence electrons. The largest absolute Gasteiger partial charge is 0.366 e. The van der Waals surface area contributed by atoms with Crippen LogP contribution in [0.15, 0.2) is 40.9 Å². The highest BCUT2D eigenvalue weighted by Crippen LogP contribution is 2.16. The Bertz CT molecular complexity index is 364. The number of primary amides is 1. The third kappa shape index (κ3) is 1.90. The Morgan fingerprint density at radius 1 is 1.71 bits per heavy atom. The van der Waals surface area contributed by atoms with E-state index in [4.69, 9.17) is 5.73 Å². The monoisotopic (exact) mass is 191 g/mol. The molecule has 0 aromatic rings. The first-order valence-electron chi connectivity index (χ1n) is 4.20. The molecule has 0 aromatic carbocycles. The summed E-state index contributed by atoms with van der Waals surface area (Å²) in [5.74, 6) is -0.453. The van der Waals surface area contributed by atoms with Crippen LogP contribution in [-0.4, -0.2) is 17.0 Å². The van der Waals surface area contributed by atoms with Crippen molar-refractivity contribution in [2.75, 3.05) is 0 Å². The Morgan fingerprint density at radius 3 is 2.86 bits per heavy atom. The van der Waals surface area contributed by atoms with Crippen LogP contribution in [0.1, 0.15) is 13.8 Å². The van der Waals surface area contributed by atoms with Gasteiger partial charge in [-0.3, -0.25) is 9.79 Å². The van der Waals surface area contributed by atoms with Crippen molar-refractivity contribution in [1.82, 2.24) is 4.90 Å². The minimum atomic E-state index is -0.453. The van der Waals surface area contributed by atoms with Crippen molar-refractivity contribution < 1.29 is 4.79 Å². The van der Waals surface area contributed by atoms with E-state index in [1.165, 1.54) is 0 Å². The molecule has 0 aliphatic carbocycles. The van der Waals surface area contributed by atoms with Gasteiger partial charge in [-0.1, -0.05) is 6.58 Å². The highest BCUT2D eigenvalue weighted by Gasteiger charge is 2.13. The smallest absolute Gasteiger partial charge is 0.246 e. The number of hydrogen-bond donors (Lipinski definition) is 1. The maximum Gasteiger partial charge on any atom is 0.246 e. The fourth-order valence-corrected chi connectivity index (χ4v) is 1.10. The summed E-state index contributed by atoms with van der Waals surface area (Å²) < 4.78 is 0. The molecule has 2 N–H and O–H groups in total. The summed E-state index contributed by atoms with van der Waals surface area (Å²) in [4.78, 5) is 16.8. The summed E-state index contributed by atoms with van der Waals surface area (Å²) in [5, 5.41) is 0. The summed E-state index contributed by atoms with van der Waals surface area (Å²) in [5.41, 5.74) is 7.17. The van der Waals surface area contributed by atoms with Gasteiger partial charge in [0.15, 0.2) is 0 Å². The Hall–Kier alpha value is -1.84. The van der Waals surface area contributed by atoms with E-state index in [2.05, 4.69) is 11.6 Å². The lowest BCUT2D eigenvalue weighted by Crippen LogP contribution is -2.22. The van der Waals surface area contributed by atoms with Crippen molar-refractivity contribution in [3.8, 4) is 0 Å². The lowest BCUT2D eigenvalue weighted by atomic mass is 10.2. The van der Waals surface area contributed by atoms with Crippen molar-refractivity contribution in [2.24, 2.45) is 10.7 Å². The number of allylic oxidation sites excluding steroid dienone is 2. The van der Waals surface area contributed by atoms with E-state index in [9.17, 15) is 4.79 Å². The van der Waals surface area contributed by atoms with Gasteiger partial charge in [0.05, 0.1) is 17.6 Å². The van der Waals surface area contributed by atoms with Crippen molar-refractivity contribution in [3.63, 3.8) is 0 Å². The summed E-state index contributed by atoms with van der Waals surface area (Å²) in [6, 6.07) is 0. The molecule has 1 aliphatic heterocycles. The van der Waals surface area contributed by atoms with Gasteiger partial charge in [-0.2, -0.15) is 0 Å². The first-order valence-corrected chi connectivity index (χ1v) is 4.20. The average Bonchev–Trinajstić information content (AvgIpc) is 2.16. The fraction of sp³-hybridized carbons (Fsp3) is 0.200. The first kappa shape index (κ1) is 10.2. The topological polar surface area (TPSA) is 58.7 Å². The molecule has 0 saturated carbocycles. The second kappa shape index (κ2) is 3.91. The molecule has 1 aliphatic rings. The zero-order chi connectivity index (χ0) is 10.7. The van der Waals surface area contributed by atoms with E-state index in [-0.39, 0.29) is 0 Å². The average molecular weight is 191 g/mol. The van der Waals surface area contributed by atoms with Crippen LogP contribution >= 0.6 is 0 Å². The molecule has 0 saturated heterocycles. The molecule has 1 heterocycles. The van der Waals surface area contributed by atoms with Gasteiger partial charge in [-0.15, -0.1) is 0 Å². The number of aliphatic imine (C=N–C) groups is 1. The summed E-state index contributed by atoms with van der Waals surface area (Å²) in [7, 11) is 0. The molecule has 0 fully saturated rings. The van der Waals surface area contributed by atoms with Crippen LogP contribution in [0.3, 0.4) is 0 Å². The standard InChI is InChI=1S/C10H13N3O/c1-4-13-6-7(2)12-5-9(13)8(3)10(11)14/h4-6H,1H2,2-3H3,(H2,11,14)/b9-8+. The molecule has 0 unspecified atom stereocenters. The minimum absolute atomic E-state index is 0.453. The predicted molar refractivity (Wildman–Crippen MR) is 56.2 cm³/mol. The number of rotatable bonds is 2. The third-order valence-electron chi connectivity index (χ3n) is 1.95. The van der Waals surface area contributed by atoms with Crippen LogP contribution in [0, 0.1) is 0 Å². The van der Waals surface area contributed by atoms with Crippen LogP contribution in [0.2, 0.25) is 0 Å². The molecular weight excluding hydrogens is 178 g/mol. The molecule has 4 nitrogen and oxygen atoms in total. The summed E-state index contributed by atoms with van der Waals surface area (Å²) >= 11 is 0. The van der Waals surface area contributed by atoms with Crippen molar-refractivity contribution in [3.05, 3.63) is 35.9 Å². The third-order valence-corrected chi connectivity index (χ3v) is 1.95. The lowest BCUT2D eigenvalue weighted by molar-refractivity contribution is -0.114. The van der Waals surface area contributed by atoms with E-state index in [1.54, 1.807) is 30.4 Å². The minimum Gasteiger partial charge on any atom is -0.366 e. The van der Waals surface area contributed by atoms with E-state index in [1.807, 2.05) is 6.92 Å². The van der Waals surface area contributed by atoms with Crippen LogP contribution < -0.4 is 5.73 Å². The van der Waals surface area contributed by atoms with Crippen LogP contribution in [0.25, 0.3) is 0 Å². The molecule has 4 heteroatoms. The number of nitrogens with zero attached hydrogens (tertiary/aromatic N) is 2. The number of carbonyl (C=O) groups is 1. The van der Waals surface area contributed by atoms with Gasteiger partial charge in [-0.05, 0) is 13.8 Å². The zero-order valence-electron chi connectivity index (χ0n) is 8.32. The first-order chi connectivity index (χ1) is 6.56. The molecule has 0 atom stereocenters. The van der Waals surface area contributed by atoms with E-state index < -0.39 is 5.91 Å². The Balaban J connectivity index is 3.14. The molecule has 1 rings (SSSR count). The summed E-state index contributed by atoms with van der Waals surface area (Å²) in [6.07, 6.45) is 5.00. The molecular formula is C10H13N3O. The summed E-state index contributed by atoms with van der Waals surface area (Å²) in [6.45, 7) is 7.17. The van der Waals surface area contributed by atoms with Gasteiger partial charge in [0.1, 0.15) is 0 Å². The second-order valence-electron chi connectivity index (χ2n) is 2.99. The number of carbonyl (C=O) groups excluding carboxylic acids is 1. The zero-order valence-corrected chi connectivity index (χ0v) is 8.32. The molecule has 0 radical (unpaired) electrons. The number of amides is 1.